The number of amides is 1. The van der Waals surface area contributed by atoms with Gasteiger partial charge in [0.1, 0.15) is 11.6 Å². The third-order valence-electron chi connectivity index (χ3n) is 2.33. The Labute approximate surface area is 144 Å². The number of alkyl carbamates (subject to hydrolysis) is 1. The second-order valence-electron chi connectivity index (χ2n) is 5.71. The Hall–Kier alpha value is -2.03. The topological polar surface area (TPSA) is 119 Å². The molecule has 0 radical (unpaired) electrons. The predicted octanol–water partition coefficient (Wildman–Crippen LogP) is 1.73. The third-order valence-corrected chi connectivity index (χ3v) is 3.23. The molecule has 2 N–H and O–H groups in total. The van der Waals surface area contributed by atoms with Crippen LogP contribution in [0.4, 0.5) is 4.79 Å². The zero-order chi connectivity index (χ0) is 18.9. The van der Waals surface area contributed by atoms with Gasteiger partial charge in [-0.25, -0.2) is 14.4 Å². The lowest BCUT2D eigenvalue weighted by Crippen LogP contribution is -2.45. The SMILES string of the molecule is CCOC(=O)C(CSC(=O)/C=C(\C)C(=O)O)NC(=O)OC(C)(C)C. The van der Waals surface area contributed by atoms with E-state index in [-0.39, 0.29) is 17.9 Å². The van der Waals surface area contributed by atoms with Gasteiger partial charge in [0, 0.05) is 17.4 Å². The maximum atomic E-state index is 11.9. The Morgan fingerprint density at radius 2 is 1.83 bits per heavy atom. The molecule has 0 saturated heterocycles. The van der Waals surface area contributed by atoms with E-state index >= 15 is 0 Å². The van der Waals surface area contributed by atoms with Crippen LogP contribution in [-0.2, 0) is 23.9 Å². The van der Waals surface area contributed by atoms with Crippen molar-refractivity contribution in [2.75, 3.05) is 12.4 Å². The molecule has 0 aliphatic heterocycles. The standard InChI is InChI=1S/C15H23NO7S/c1-6-22-13(20)10(16-14(21)23-15(3,4)5)8-24-11(17)7-9(2)12(18)19/h7,10H,6,8H2,1-5H3,(H,16,21)(H,18,19)/b9-7+. The van der Waals surface area contributed by atoms with Crippen molar-refractivity contribution in [1.82, 2.24) is 5.32 Å². The van der Waals surface area contributed by atoms with Crippen molar-refractivity contribution in [2.45, 2.75) is 46.3 Å². The van der Waals surface area contributed by atoms with E-state index in [4.69, 9.17) is 14.6 Å². The van der Waals surface area contributed by atoms with Crippen molar-refractivity contribution < 1.29 is 33.8 Å². The number of carboxylic acids is 1. The highest BCUT2D eigenvalue weighted by molar-refractivity contribution is 8.14. The molecule has 1 atom stereocenters. The number of thioether (sulfide) groups is 1. The van der Waals surface area contributed by atoms with E-state index in [0.29, 0.717) is 11.8 Å². The van der Waals surface area contributed by atoms with Crippen molar-refractivity contribution in [3.05, 3.63) is 11.6 Å². The summed E-state index contributed by atoms with van der Waals surface area (Å²) in [5.41, 5.74) is -0.867. The molecule has 0 spiro atoms. The van der Waals surface area contributed by atoms with Crippen LogP contribution in [0.5, 0.6) is 0 Å². The van der Waals surface area contributed by atoms with Crippen LogP contribution in [-0.4, -0.2) is 52.3 Å². The van der Waals surface area contributed by atoms with Crippen molar-refractivity contribution in [3.8, 4) is 0 Å². The lowest BCUT2D eigenvalue weighted by atomic mass is 10.2. The number of aliphatic carboxylic acids is 1. The summed E-state index contributed by atoms with van der Waals surface area (Å²) in [6.07, 6.45) is 0.133. The largest absolute Gasteiger partial charge is 0.478 e. The summed E-state index contributed by atoms with van der Waals surface area (Å²) in [7, 11) is 0. The van der Waals surface area contributed by atoms with Gasteiger partial charge in [-0.3, -0.25) is 4.79 Å². The van der Waals surface area contributed by atoms with Gasteiger partial charge in [0.05, 0.1) is 6.61 Å². The Bertz CT molecular complexity index is 522. The average Bonchev–Trinajstić information content (AvgIpc) is 2.41. The highest BCUT2D eigenvalue weighted by Crippen LogP contribution is 2.11. The fourth-order valence-electron chi connectivity index (χ4n) is 1.31. The number of carboxylic acid groups (broad SMARTS) is 1. The number of esters is 1. The normalized spacial score (nSPS) is 13.0. The molecule has 8 nitrogen and oxygen atoms in total. The zero-order valence-corrected chi connectivity index (χ0v) is 15.2. The van der Waals surface area contributed by atoms with Crippen molar-refractivity contribution >= 4 is 34.9 Å². The maximum absolute atomic E-state index is 11.9. The first-order valence-electron chi connectivity index (χ1n) is 7.20. The van der Waals surface area contributed by atoms with Crippen LogP contribution in [0.1, 0.15) is 34.6 Å². The summed E-state index contributed by atoms with van der Waals surface area (Å²) in [5.74, 6) is -2.03. The molecule has 0 aromatic heterocycles. The summed E-state index contributed by atoms with van der Waals surface area (Å²) < 4.78 is 9.90. The van der Waals surface area contributed by atoms with E-state index in [1.165, 1.54) is 6.92 Å². The molecule has 1 amide bonds. The van der Waals surface area contributed by atoms with Crippen LogP contribution in [0.15, 0.2) is 11.6 Å². The van der Waals surface area contributed by atoms with Crippen LogP contribution < -0.4 is 5.32 Å². The van der Waals surface area contributed by atoms with Crippen LogP contribution in [0, 0.1) is 0 Å². The van der Waals surface area contributed by atoms with Crippen LogP contribution in [0.25, 0.3) is 0 Å². The molecule has 0 fully saturated rings. The van der Waals surface area contributed by atoms with E-state index in [2.05, 4.69) is 5.32 Å². The Kier molecular flexibility index (Phi) is 9.12. The molecule has 0 aromatic rings. The lowest BCUT2D eigenvalue weighted by molar-refractivity contribution is -0.145. The smallest absolute Gasteiger partial charge is 0.408 e. The Morgan fingerprint density at radius 1 is 1.25 bits per heavy atom. The molecule has 0 rings (SSSR count). The van der Waals surface area contributed by atoms with Crippen molar-refractivity contribution in [1.29, 1.82) is 0 Å². The van der Waals surface area contributed by atoms with Crippen LogP contribution in [0.2, 0.25) is 0 Å². The lowest BCUT2D eigenvalue weighted by Gasteiger charge is -2.22. The highest BCUT2D eigenvalue weighted by atomic mass is 32.2. The molecule has 0 aromatic carbocycles. The number of carbonyl (C=O) groups is 4. The second kappa shape index (κ2) is 9.96. The molecular weight excluding hydrogens is 338 g/mol. The minimum Gasteiger partial charge on any atom is -0.478 e. The van der Waals surface area contributed by atoms with Gasteiger partial charge in [0.15, 0.2) is 0 Å². The molecule has 136 valence electrons. The van der Waals surface area contributed by atoms with Gasteiger partial charge in [-0.05, 0) is 34.6 Å². The van der Waals surface area contributed by atoms with Gasteiger partial charge in [-0.2, -0.15) is 0 Å². The Morgan fingerprint density at radius 3 is 2.29 bits per heavy atom. The first-order chi connectivity index (χ1) is 11.0. The summed E-state index contributed by atoms with van der Waals surface area (Å²) in [5, 5.41) is 10.5. The second-order valence-corrected chi connectivity index (χ2v) is 6.74. The van der Waals surface area contributed by atoms with Gasteiger partial charge in [-0.1, -0.05) is 11.8 Å². The van der Waals surface area contributed by atoms with Gasteiger partial charge < -0.3 is 19.9 Å². The summed E-state index contributed by atoms with van der Waals surface area (Å²) >= 11 is 0.695. The van der Waals surface area contributed by atoms with E-state index < -0.39 is 34.8 Å². The Balaban J connectivity index is 4.82. The monoisotopic (exact) mass is 361 g/mol. The highest BCUT2D eigenvalue weighted by Gasteiger charge is 2.26. The molecule has 1 unspecified atom stereocenters. The number of hydrogen-bond donors (Lipinski definition) is 2. The molecular formula is C15H23NO7S. The fraction of sp³-hybridized carbons (Fsp3) is 0.600. The van der Waals surface area contributed by atoms with E-state index in [1.54, 1.807) is 27.7 Å². The summed E-state index contributed by atoms with van der Waals surface area (Å²) in [6.45, 7) is 8.02. The van der Waals surface area contributed by atoms with E-state index in [1.807, 2.05) is 0 Å². The summed E-state index contributed by atoms with van der Waals surface area (Å²) in [6, 6.07) is -1.09. The van der Waals surface area contributed by atoms with E-state index in [0.717, 1.165) is 6.08 Å². The fourth-order valence-corrected chi connectivity index (χ4v) is 2.12. The molecule has 24 heavy (non-hydrogen) atoms. The minimum absolute atomic E-state index is 0.111. The number of carbonyl (C=O) groups excluding carboxylic acids is 3. The van der Waals surface area contributed by atoms with Crippen LogP contribution in [0.3, 0.4) is 0 Å². The molecule has 0 heterocycles. The zero-order valence-electron chi connectivity index (χ0n) is 14.4. The maximum Gasteiger partial charge on any atom is 0.408 e. The van der Waals surface area contributed by atoms with Crippen LogP contribution >= 0.6 is 11.8 Å². The van der Waals surface area contributed by atoms with Crippen molar-refractivity contribution in [2.24, 2.45) is 0 Å². The first kappa shape index (κ1) is 22.0. The first-order valence-corrected chi connectivity index (χ1v) is 8.19. The van der Waals surface area contributed by atoms with Gasteiger partial charge in [-0.15, -0.1) is 0 Å². The van der Waals surface area contributed by atoms with Gasteiger partial charge in [0.25, 0.3) is 0 Å². The number of hydrogen-bond acceptors (Lipinski definition) is 7. The minimum atomic E-state index is -1.21. The number of rotatable bonds is 7. The quantitative estimate of drug-likeness (QED) is 0.520. The molecule has 0 bridgehead atoms. The molecule has 0 aliphatic rings. The van der Waals surface area contributed by atoms with Gasteiger partial charge in [0.2, 0.25) is 5.12 Å². The molecule has 0 aliphatic carbocycles. The predicted molar refractivity (Wildman–Crippen MR) is 88.6 cm³/mol. The van der Waals surface area contributed by atoms with Gasteiger partial charge >= 0.3 is 18.0 Å². The molecule has 9 heteroatoms. The number of ether oxygens (including phenoxy) is 2. The molecule has 0 saturated carbocycles. The van der Waals surface area contributed by atoms with E-state index in [9.17, 15) is 19.2 Å². The average molecular weight is 361 g/mol. The summed E-state index contributed by atoms with van der Waals surface area (Å²) in [4.78, 5) is 46.0. The third kappa shape index (κ3) is 9.88. The number of nitrogens with one attached hydrogen (secondary N) is 1. The van der Waals surface area contributed by atoms with Crippen molar-refractivity contribution in [3.63, 3.8) is 0 Å².